The second-order valence-corrected chi connectivity index (χ2v) is 5.06. The zero-order valence-corrected chi connectivity index (χ0v) is 11.9. The van der Waals surface area contributed by atoms with Crippen molar-refractivity contribution < 1.29 is 13.6 Å². The summed E-state index contributed by atoms with van der Waals surface area (Å²) in [6.45, 7) is 0. The van der Waals surface area contributed by atoms with Gasteiger partial charge in [0, 0.05) is 10.0 Å². The van der Waals surface area contributed by atoms with E-state index in [4.69, 9.17) is 23.2 Å². The topological polar surface area (TPSA) is 40.9 Å². The SMILES string of the molecule is N#CC(C(=O)c1cc(Cl)ccc1F)c1ccc(F)cc1Cl. The summed E-state index contributed by atoms with van der Waals surface area (Å²) < 4.78 is 26.7. The molecule has 2 aromatic rings. The fraction of sp³-hybridized carbons (Fsp3) is 0.0667. The van der Waals surface area contributed by atoms with Gasteiger partial charge in [0.25, 0.3) is 0 Å². The minimum Gasteiger partial charge on any atom is -0.292 e. The van der Waals surface area contributed by atoms with Crippen molar-refractivity contribution in [3.05, 3.63) is 69.2 Å². The Kier molecular flexibility index (Phi) is 4.56. The molecule has 2 nitrogen and oxygen atoms in total. The molecular weight excluding hydrogens is 319 g/mol. The molecule has 0 heterocycles. The maximum atomic E-state index is 13.7. The van der Waals surface area contributed by atoms with Crippen molar-refractivity contribution in [2.24, 2.45) is 0 Å². The minimum absolute atomic E-state index is 0.0719. The highest BCUT2D eigenvalue weighted by Crippen LogP contribution is 2.29. The molecule has 1 unspecified atom stereocenters. The second kappa shape index (κ2) is 6.21. The fourth-order valence-corrected chi connectivity index (χ4v) is 2.30. The molecule has 1 atom stereocenters. The van der Waals surface area contributed by atoms with Gasteiger partial charge in [-0.05, 0) is 35.9 Å². The van der Waals surface area contributed by atoms with Gasteiger partial charge in [0.15, 0.2) is 5.78 Å². The Balaban J connectivity index is 2.49. The monoisotopic (exact) mass is 325 g/mol. The molecule has 0 aliphatic rings. The summed E-state index contributed by atoms with van der Waals surface area (Å²) in [5.41, 5.74) is -0.195. The largest absolute Gasteiger partial charge is 0.292 e. The molecule has 2 aromatic carbocycles. The van der Waals surface area contributed by atoms with Crippen LogP contribution >= 0.6 is 23.2 Å². The predicted molar refractivity (Wildman–Crippen MR) is 75.5 cm³/mol. The van der Waals surface area contributed by atoms with Crippen LogP contribution in [0.4, 0.5) is 8.78 Å². The average molecular weight is 326 g/mol. The lowest BCUT2D eigenvalue weighted by Gasteiger charge is -2.11. The Labute approximate surface area is 129 Å². The molecule has 0 radical (unpaired) electrons. The van der Waals surface area contributed by atoms with Crippen molar-refractivity contribution in [1.29, 1.82) is 5.26 Å². The number of benzene rings is 2. The fourth-order valence-electron chi connectivity index (χ4n) is 1.85. The van der Waals surface area contributed by atoms with Crippen LogP contribution in [-0.4, -0.2) is 5.78 Å². The maximum Gasteiger partial charge on any atom is 0.187 e. The highest BCUT2D eigenvalue weighted by atomic mass is 35.5. The molecule has 0 aliphatic carbocycles. The van der Waals surface area contributed by atoms with E-state index in [1.165, 1.54) is 12.1 Å². The lowest BCUT2D eigenvalue weighted by molar-refractivity contribution is 0.0975. The lowest BCUT2D eigenvalue weighted by Crippen LogP contribution is -2.13. The molecule has 21 heavy (non-hydrogen) atoms. The van der Waals surface area contributed by atoms with E-state index < -0.39 is 23.3 Å². The van der Waals surface area contributed by atoms with Crippen molar-refractivity contribution in [3.63, 3.8) is 0 Å². The van der Waals surface area contributed by atoms with E-state index in [-0.39, 0.29) is 21.2 Å². The van der Waals surface area contributed by atoms with Crippen LogP contribution in [0.2, 0.25) is 10.0 Å². The average Bonchev–Trinajstić information content (AvgIpc) is 2.44. The number of carbonyl (C=O) groups excluding carboxylic acids is 1. The Hall–Kier alpha value is -1.96. The van der Waals surface area contributed by atoms with Crippen molar-refractivity contribution in [3.8, 4) is 6.07 Å². The van der Waals surface area contributed by atoms with Gasteiger partial charge < -0.3 is 0 Å². The smallest absolute Gasteiger partial charge is 0.187 e. The highest BCUT2D eigenvalue weighted by molar-refractivity contribution is 6.32. The zero-order valence-electron chi connectivity index (χ0n) is 10.4. The Morgan fingerprint density at radius 3 is 2.48 bits per heavy atom. The summed E-state index contributed by atoms with van der Waals surface area (Å²) in [5, 5.41) is 9.28. The first kappa shape index (κ1) is 15.4. The van der Waals surface area contributed by atoms with Crippen LogP contribution in [0.15, 0.2) is 36.4 Å². The van der Waals surface area contributed by atoms with E-state index in [2.05, 4.69) is 0 Å². The Morgan fingerprint density at radius 1 is 1.14 bits per heavy atom. The van der Waals surface area contributed by atoms with Gasteiger partial charge in [-0.1, -0.05) is 29.3 Å². The van der Waals surface area contributed by atoms with Gasteiger partial charge in [0.2, 0.25) is 0 Å². The van der Waals surface area contributed by atoms with E-state index >= 15 is 0 Å². The lowest BCUT2D eigenvalue weighted by atomic mass is 9.91. The van der Waals surface area contributed by atoms with Gasteiger partial charge in [-0.3, -0.25) is 4.79 Å². The maximum absolute atomic E-state index is 13.7. The summed E-state index contributed by atoms with van der Waals surface area (Å²) in [5.74, 6) is -3.51. The van der Waals surface area contributed by atoms with Crippen LogP contribution in [0, 0.1) is 23.0 Å². The number of rotatable bonds is 3. The van der Waals surface area contributed by atoms with Crippen LogP contribution in [0.25, 0.3) is 0 Å². The third-order valence-corrected chi connectivity index (χ3v) is 3.42. The molecule has 106 valence electrons. The third-order valence-electron chi connectivity index (χ3n) is 2.86. The molecule has 0 saturated carbocycles. The number of Topliss-reactive ketones (excluding diaryl/α,β-unsaturated/α-hetero) is 1. The molecule has 0 amide bonds. The van der Waals surface area contributed by atoms with E-state index in [1.54, 1.807) is 6.07 Å². The van der Waals surface area contributed by atoms with Crippen LogP contribution in [0.1, 0.15) is 21.8 Å². The molecular formula is C15H7Cl2F2NO. The number of ketones is 1. The number of hydrogen-bond donors (Lipinski definition) is 0. The molecule has 0 fully saturated rings. The number of nitrogens with zero attached hydrogens (tertiary/aromatic N) is 1. The summed E-state index contributed by atoms with van der Waals surface area (Å²) in [6.07, 6.45) is 0. The number of hydrogen-bond acceptors (Lipinski definition) is 2. The molecule has 0 N–H and O–H groups in total. The van der Waals surface area contributed by atoms with Gasteiger partial charge in [0.05, 0.1) is 11.6 Å². The van der Waals surface area contributed by atoms with Crippen LogP contribution in [0.5, 0.6) is 0 Å². The standard InChI is InChI=1S/C15H7Cl2F2NO/c16-8-1-4-14(19)11(5-8)15(21)12(7-20)10-3-2-9(18)6-13(10)17/h1-6,12H. The van der Waals surface area contributed by atoms with Crippen molar-refractivity contribution in [2.45, 2.75) is 5.92 Å². The first-order valence-electron chi connectivity index (χ1n) is 5.78. The molecule has 0 saturated heterocycles. The van der Waals surface area contributed by atoms with Crippen LogP contribution in [-0.2, 0) is 0 Å². The molecule has 0 spiro atoms. The molecule has 6 heteroatoms. The quantitative estimate of drug-likeness (QED) is 0.763. The molecule has 0 aliphatic heterocycles. The molecule has 0 bridgehead atoms. The van der Waals surface area contributed by atoms with Gasteiger partial charge in [-0.15, -0.1) is 0 Å². The first-order chi connectivity index (χ1) is 9.93. The first-order valence-corrected chi connectivity index (χ1v) is 6.53. The number of carbonyl (C=O) groups is 1. The van der Waals surface area contributed by atoms with Crippen molar-refractivity contribution in [1.82, 2.24) is 0 Å². The van der Waals surface area contributed by atoms with E-state index in [0.29, 0.717) is 0 Å². The van der Waals surface area contributed by atoms with Crippen molar-refractivity contribution in [2.75, 3.05) is 0 Å². The van der Waals surface area contributed by atoms with E-state index in [9.17, 15) is 18.8 Å². The van der Waals surface area contributed by atoms with E-state index in [1.807, 2.05) is 0 Å². The number of halogens is 4. The van der Waals surface area contributed by atoms with Crippen LogP contribution in [0.3, 0.4) is 0 Å². The summed E-state index contributed by atoms with van der Waals surface area (Å²) in [4.78, 5) is 12.3. The van der Waals surface area contributed by atoms with Gasteiger partial charge in [-0.25, -0.2) is 8.78 Å². The summed E-state index contributed by atoms with van der Waals surface area (Å²) in [7, 11) is 0. The predicted octanol–water partition coefficient (Wildman–Crippen LogP) is 4.76. The molecule has 2 rings (SSSR count). The second-order valence-electron chi connectivity index (χ2n) is 4.22. The van der Waals surface area contributed by atoms with Crippen LogP contribution < -0.4 is 0 Å². The Bertz CT molecular complexity index is 756. The van der Waals surface area contributed by atoms with Crippen molar-refractivity contribution >= 4 is 29.0 Å². The Morgan fingerprint density at radius 2 is 1.86 bits per heavy atom. The van der Waals surface area contributed by atoms with E-state index in [0.717, 1.165) is 24.3 Å². The minimum atomic E-state index is -1.34. The summed E-state index contributed by atoms with van der Waals surface area (Å²) >= 11 is 11.6. The zero-order chi connectivity index (χ0) is 15.6. The van der Waals surface area contributed by atoms with Gasteiger partial charge >= 0.3 is 0 Å². The highest BCUT2D eigenvalue weighted by Gasteiger charge is 2.26. The van der Waals surface area contributed by atoms with Gasteiger partial charge in [-0.2, -0.15) is 5.26 Å². The van der Waals surface area contributed by atoms with Gasteiger partial charge in [0.1, 0.15) is 17.6 Å². The normalized spacial score (nSPS) is 11.8. The molecule has 0 aromatic heterocycles. The summed E-state index contributed by atoms with van der Waals surface area (Å²) in [6, 6.07) is 8.52. The number of nitriles is 1. The third kappa shape index (κ3) is 3.21.